The molecule has 15 heteroatoms. The van der Waals surface area contributed by atoms with Crippen molar-refractivity contribution >= 4 is 13.4 Å². The Bertz CT molecular complexity index is 1480. The summed E-state index contributed by atoms with van der Waals surface area (Å²) in [6.07, 6.45) is -7.74. The van der Waals surface area contributed by atoms with Crippen molar-refractivity contribution in [3.8, 4) is 22.6 Å². The average molecular weight is 573 g/mol. The minimum absolute atomic E-state index is 0.263. The normalized spacial score (nSPS) is 16.7. The Hall–Kier alpha value is -3.45. The molecule has 0 spiro atoms. The maximum atomic E-state index is 14.8. The molecule has 2 aliphatic rings. The Morgan fingerprint density at radius 1 is 0.872 bits per heavy atom. The molecule has 2 aliphatic heterocycles. The van der Waals surface area contributed by atoms with Gasteiger partial charge in [-0.25, -0.2) is 22.5 Å². The molecule has 3 aromatic rings. The van der Waals surface area contributed by atoms with Crippen molar-refractivity contribution in [1.82, 2.24) is 9.34 Å². The van der Waals surface area contributed by atoms with Gasteiger partial charge in [-0.1, -0.05) is 0 Å². The van der Waals surface area contributed by atoms with Crippen molar-refractivity contribution in [3.05, 3.63) is 87.7 Å². The zero-order valence-electron chi connectivity index (χ0n) is 19.7. The van der Waals surface area contributed by atoms with Crippen LogP contribution < -0.4 is 4.74 Å². The molecule has 0 radical (unpaired) electrons. The van der Waals surface area contributed by atoms with Gasteiger partial charge in [-0.15, -0.1) is 0 Å². The van der Waals surface area contributed by atoms with E-state index in [2.05, 4.69) is 0 Å². The molecule has 0 bridgehead atoms. The third kappa shape index (κ3) is 5.64. The number of rotatable bonds is 9. The molecule has 1 unspecified atom stereocenters. The molecular weight excluding hydrogens is 555 g/mol. The van der Waals surface area contributed by atoms with Gasteiger partial charge < -0.3 is 4.74 Å². The quantitative estimate of drug-likeness (QED) is 0.0912. The maximum absolute atomic E-state index is 14.8. The Morgan fingerprint density at radius 2 is 1.46 bits per heavy atom. The van der Waals surface area contributed by atoms with Crippen LogP contribution >= 0.6 is 7.67 Å². The van der Waals surface area contributed by atoms with Gasteiger partial charge in [0.05, 0.1) is 4.92 Å². The highest BCUT2D eigenvalue weighted by Crippen LogP contribution is 2.64. The Balaban J connectivity index is 1.48. The fourth-order valence-electron chi connectivity index (χ4n) is 3.89. The van der Waals surface area contributed by atoms with E-state index in [0.29, 0.717) is 32.2 Å². The first kappa shape index (κ1) is 27.1. The van der Waals surface area contributed by atoms with E-state index in [0.717, 1.165) is 48.5 Å². The minimum Gasteiger partial charge on any atom is -0.450 e. The number of alkyl halides is 3. The van der Waals surface area contributed by atoms with Crippen LogP contribution in [0, 0.1) is 27.6 Å². The summed E-state index contributed by atoms with van der Waals surface area (Å²) in [6, 6.07) is 7.75. The van der Waals surface area contributed by atoms with E-state index in [9.17, 15) is 41.0 Å². The summed E-state index contributed by atoms with van der Waals surface area (Å²) < 4.78 is 111. The van der Waals surface area contributed by atoms with E-state index >= 15 is 0 Å². The second-order valence-corrected chi connectivity index (χ2v) is 11.1. The molecule has 1 atom stereocenters. The molecule has 2 saturated heterocycles. The number of hydrogen-bond acceptors (Lipinski definition) is 5. The van der Waals surface area contributed by atoms with Gasteiger partial charge in [0.25, 0.3) is 0 Å². The van der Waals surface area contributed by atoms with Crippen molar-refractivity contribution in [3.63, 3.8) is 0 Å². The molecule has 0 aromatic heterocycles. The Labute approximate surface area is 217 Å². The van der Waals surface area contributed by atoms with E-state index in [1.807, 2.05) is 0 Å². The van der Waals surface area contributed by atoms with Crippen molar-refractivity contribution in [2.75, 3.05) is 26.2 Å². The summed E-state index contributed by atoms with van der Waals surface area (Å²) in [5.41, 5.74) is -1.87. The predicted octanol–water partition coefficient (Wildman–Crippen LogP) is 6.83. The smallest absolute Gasteiger partial charge is 0.419 e. The number of nitro groups is 1. The largest absolute Gasteiger partial charge is 0.450 e. The number of benzene rings is 3. The first-order valence-electron chi connectivity index (χ1n) is 11.4. The van der Waals surface area contributed by atoms with Crippen LogP contribution in [0.1, 0.15) is 11.7 Å². The SMILES string of the molecule is O=[N+]([O-])c1ccc(C(OP(=O)(N2CC2)N2CC2)C(F)(F)F)cc1Oc1ccc(-c2ccc(F)cc2F)c(F)c1. The zero-order valence-corrected chi connectivity index (χ0v) is 20.6. The van der Waals surface area contributed by atoms with Crippen LogP contribution in [0.25, 0.3) is 11.1 Å². The average Bonchev–Trinajstić information content (AvgIpc) is 3.75. The maximum Gasteiger partial charge on any atom is 0.419 e. The highest BCUT2D eigenvalue weighted by Gasteiger charge is 2.55. The van der Waals surface area contributed by atoms with Crippen molar-refractivity contribution in [1.29, 1.82) is 0 Å². The highest BCUT2D eigenvalue weighted by molar-refractivity contribution is 7.54. The highest BCUT2D eigenvalue weighted by atomic mass is 31.2. The van der Waals surface area contributed by atoms with Crippen LogP contribution in [0.2, 0.25) is 0 Å². The number of halogens is 6. The Kier molecular flexibility index (Phi) is 6.91. The van der Waals surface area contributed by atoms with E-state index in [1.54, 1.807) is 0 Å². The summed E-state index contributed by atoms with van der Waals surface area (Å²) in [4.78, 5) is 10.6. The van der Waals surface area contributed by atoms with Crippen molar-refractivity contribution in [2.45, 2.75) is 12.3 Å². The summed E-state index contributed by atoms with van der Waals surface area (Å²) in [6.45, 7) is 1.21. The van der Waals surface area contributed by atoms with Gasteiger partial charge in [0.2, 0.25) is 5.75 Å². The number of ether oxygens (including phenoxy) is 1. The van der Waals surface area contributed by atoms with Crippen molar-refractivity contribution in [2.24, 2.45) is 0 Å². The molecule has 2 fully saturated rings. The minimum atomic E-state index is -5.04. The third-order valence-electron chi connectivity index (χ3n) is 5.98. The summed E-state index contributed by atoms with van der Waals surface area (Å²) in [5.74, 6) is -3.95. The van der Waals surface area contributed by atoms with Gasteiger partial charge in [0, 0.05) is 55.5 Å². The van der Waals surface area contributed by atoms with Crippen molar-refractivity contribution < 1.29 is 45.1 Å². The lowest BCUT2D eigenvalue weighted by Crippen LogP contribution is -2.25. The first-order valence-corrected chi connectivity index (χ1v) is 13.0. The van der Waals surface area contributed by atoms with Gasteiger partial charge >= 0.3 is 19.5 Å². The van der Waals surface area contributed by atoms with Gasteiger partial charge in [0.15, 0.2) is 6.10 Å². The summed E-state index contributed by atoms with van der Waals surface area (Å²) in [5, 5.41) is 11.6. The van der Waals surface area contributed by atoms with Gasteiger partial charge in [-0.05, 0) is 42.0 Å². The van der Waals surface area contributed by atoms with Crippen LogP contribution in [0.15, 0.2) is 54.6 Å². The first-order chi connectivity index (χ1) is 18.4. The lowest BCUT2D eigenvalue weighted by Gasteiger charge is -2.28. The molecule has 39 heavy (non-hydrogen) atoms. The fraction of sp³-hybridized carbons (Fsp3) is 0.250. The van der Waals surface area contributed by atoms with E-state index in [1.165, 1.54) is 9.34 Å². The lowest BCUT2D eigenvalue weighted by molar-refractivity contribution is -0.385. The molecule has 8 nitrogen and oxygen atoms in total. The standard InChI is InChI=1S/C24H18F6N3O5P/c25-15-2-4-17(19(26)12-15)18-5-3-16(13-20(18)27)37-22-11-14(1-6-21(22)33(34)35)23(24(28,29)30)38-39(36,31-7-8-31)32-9-10-32/h1-6,11-13,23H,7-10H2. The van der Waals surface area contributed by atoms with E-state index < -0.39 is 59.3 Å². The van der Waals surface area contributed by atoms with Crippen LogP contribution in [-0.2, 0) is 9.09 Å². The molecule has 0 N–H and O–H groups in total. The molecular formula is C24H18F6N3O5P. The molecule has 0 saturated carbocycles. The topological polar surface area (TPSA) is 84.7 Å². The third-order valence-corrected chi connectivity index (χ3v) is 8.69. The lowest BCUT2D eigenvalue weighted by atomic mass is 10.0. The number of hydrogen-bond donors (Lipinski definition) is 0. The van der Waals surface area contributed by atoms with Crippen LogP contribution in [0.5, 0.6) is 11.5 Å². The number of nitrogens with zero attached hydrogens (tertiary/aromatic N) is 3. The molecule has 5 rings (SSSR count). The summed E-state index contributed by atoms with van der Waals surface area (Å²) in [7, 11) is -3.95. The van der Waals surface area contributed by atoms with Crippen LogP contribution in [0.4, 0.5) is 32.0 Å². The predicted molar refractivity (Wildman–Crippen MR) is 126 cm³/mol. The zero-order chi connectivity index (χ0) is 28.1. The molecule has 0 amide bonds. The monoisotopic (exact) mass is 573 g/mol. The van der Waals surface area contributed by atoms with Gasteiger partial charge in [-0.2, -0.15) is 13.2 Å². The summed E-state index contributed by atoms with van der Waals surface area (Å²) >= 11 is 0. The van der Waals surface area contributed by atoms with E-state index in [4.69, 9.17) is 9.26 Å². The van der Waals surface area contributed by atoms with Crippen LogP contribution in [-0.4, -0.2) is 46.6 Å². The Morgan fingerprint density at radius 3 is 1.97 bits per heavy atom. The molecule has 2 heterocycles. The second kappa shape index (κ2) is 9.94. The van der Waals surface area contributed by atoms with E-state index in [-0.39, 0.29) is 16.9 Å². The number of nitro benzene ring substituents is 1. The molecule has 0 aliphatic carbocycles. The van der Waals surface area contributed by atoms with Gasteiger partial charge in [0.1, 0.15) is 23.2 Å². The van der Waals surface area contributed by atoms with Gasteiger partial charge in [-0.3, -0.25) is 19.2 Å². The van der Waals surface area contributed by atoms with Crippen LogP contribution in [0.3, 0.4) is 0 Å². The molecule has 206 valence electrons. The molecule has 3 aromatic carbocycles. The fourth-order valence-corrected chi connectivity index (χ4v) is 6.22. The second-order valence-electron chi connectivity index (χ2n) is 8.78.